The molecule has 2 aliphatic heterocycles. The fraction of sp³-hybridized carbons (Fsp3) is 0.318. The van der Waals surface area contributed by atoms with E-state index < -0.39 is 0 Å². The van der Waals surface area contributed by atoms with Gasteiger partial charge in [0, 0.05) is 59.6 Å². The number of aromatic nitrogens is 2. The standard InChI is InChI=1S/C22H20ClN3/c1-25-16-3-5-20(25)22-18-9-15(23)2-4-19(18)26(21(22)10-16)12-14-8-13-11-24-7-6-17(13)14/h2,4,6-7,9,11-12,16,20H,3,5,8,10H2,1H3. The van der Waals surface area contributed by atoms with Crippen LogP contribution in [0.2, 0.25) is 5.02 Å². The van der Waals surface area contributed by atoms with Crippen molar-refractivity contribution in [3.63, 3.8) is 0 Å². The highest BCUT2D eigenvalue weighted by Gasteiger charge is 2.40. The third-order valence-corrected chi connectivity index (χ3v) is 6.86. The van der Waals surface area contributed by atoms with Gasteiger partial charge in [0.05, 0.1) is 5.52 Å². The Morgan fingerprint density at radius 3 is 3.04 bits per heavy atom. The van der Waals surface area contributed by atoms with Gasteiger partial charge >= 0.3 is 0 Å². The lowest BCUT2D eigenvalue weighted by atomic mass is 9.85. The average Bonchev–Trinajstić information content (AvgIpc) is 3.03. The van der Waals surface area contributed by atoms with E-state index in [0.717, 1.165) is 17.9 Å². The van der Waals surface area contributed by atoms with Crippen LogP contribution >= 0.6 is 11.6 Å². The van der Waals surface area contributed by atoms with Crippen molar-refractivity contribution in [2.45, 2.75) is 37.8 Å². The molecule has 1 aliphatic carbocycles. The lowest BCUT2D eigenvalue weighted by Crippen LogP contribution is -2.34. The predicted molar refractivity (Wildman–Crippen MR) is 106 cm³/mol. The molecular formula is C22H20ClN3. The summed E-state index contributed by atoms with van der Waals surface area (Å²) in [4.78, 5) is 6.81. The van der Waals surface area contributed by atoms with Crippen molar-refractivity contribution in [1.82, 2.24) is 14.5 Å². The number of nitrogens with zero attached hydrogens (tertiary/aromatic N) is 3. The molecule has 1 saturated heterocycles. The summed E-state index contributed by atoms with van der Waals surface area (Å²) in [6.45, 7) is 0. The number of benzene rings is 1. The summed E-state index contributed by atoms with van der Waals surface area (Å²) < 4.78 is 2.46. The molecular weight excluding hydrogens is 342 g/mol. The first kappa shape index (κ1) is 15.0. The van der Waals surface area contributed by atoms with Crippen LogP contribution < -0.4 is 0 Å². The Labute approximate surface area is 157 Å². The number of pyridine rings is 1. The summed E-state index contributed by atoms with van der Waals surface area (Å²) in [5, 5.41) is 2.16. The van der Waals surface area contributed by atoms with Crippen LogP contribution in [0.4, 0.5) is 0 Å². The summed E-state index contributed by atoms with van der Waals surface area (Å²) in [6, 6.07) is 9.70. The van der Waals surface area contributed by atoms with Gasteiger partial charge in [0.1, 0.15) is 0 Å². The van der Waals surface area contributed by atoms with Gasteiger partial charge in [0.25, 0.3) is 0 Å². The van der Waals surface area contributed by atoms with Gasteiger partial charge in [-0.05, 0) is 66.4 Å². The average molecular weight is 362 g/mol. The fourth-order valence-electron chi connectivity index (χ4n) is 5.27. The SMILES string of the molecule is CN1C2CCC1c1c(n(C=C3Cc4cnccc43)c3ccc(Cl)cc13)C2. The number of hydrogen-bond donors (Lipinski definition) is 0. The van der Waals surface area contributed by atoms with Crippen molar-refractivity contribution in [2.75, 3.05) is 7.05 Å². The predicted octanol–water partition coefficient (Wildman–Crippen LogP) is 4.94. The molecule has 6 rings (SSSR count). The first-order chi connectivity index (χ1) is 12.7. The molecule has 0 saturated carbocycles. The van der Waals surface area contributed by atoms with E-state index in [1.54, 1.807) is 0 Å². The Morgan fingerprint density at radius 1 is 1.23 bits per heavy atom. The minimum Gasteiger partial charge on any atom is -0.320 e. The lowest BCUT2D eigenvalue weighted by molar-refractivity contribution is 0.223. The summed E-state index contributed by atoms with van der Waals surface area (Å²) in [6.07, 6.45) is 10.9. The quantitative estimate of drug-likeness (QED) is 0.612. The van der Waals surface area contributed by atoms with E-state index in [2.05, 4.69) is 45.9 Å². The highest BCUT2D eigenvalue weighted by Crippen LogP contribution is 2.48. The van der Waals surface area contributed by atoms with Crippen molar-refractivity contribution >= 4 is 34.3 Å². The summed E-state index contributed by atoms with van der Waals surface area (Å²) in [5.74, 6) is 0. The molecule has 0 N–H and O–H groups in total. The second-order valence-corrected chi connectivity index (χ2v) is 8.31. The van der Waals surface area contributed by atoms with E-state index in [4.69, 9.17) is 11.6 Å². The molecule has 1 fully saturated rings. The van der Waals surface area contributed by atoms with Crippen molar-refractivity contribution in [3.05, 3.63) is 64.1 Å². The molecule has 2 aromatic heterocycles. The van der Waals surface area contributed by atoms with Gasteiger partial charge in [-0.1, -0.05) is 11.6 Å². The van der Waals surface area contributed by atoms with Gasteiger partial charge in [-0.15, -0.1) is 0 Å². The van der Waals surface area contributed by atoms with Gasteiger partial charge < -0.3 is 4.57 Å². The number of fused-ring (bicyclic) bond motifs is 7. The maximum Gasteiger partial charge on any atom is 0.0529 e. The van der Waals surface area contributed by atoms with Crippen molar-refractivity contribution in [1.29, 1.82) is 0 Å². The number of hydrogen-bond acceptors (Lipinski definition) is 2. The zero-order chi connectivity index (χ0) is 17.4. The molecule has 130 valence electrons. The van der Waals surface area contributed by atoms with Crippen LogP contribution in [-0.2, 0) is 12.8 Å². The van der Waals surface area contributed by atoms with Crippen molar-refractivity contribution < 1.29 is 0 Å². The van der Waals surface area contributed by atoms with Crippen LogP contribution in [0.15, 0.2) is 36.7 Å². The van der Waals surface area contributed by atoms with E-state index >= 15 is 0 Å². The topological polar surface area (TPSA) is 21.1 Å². The normalized spacial score (nSPS) is 25.4. The molecule has 3 aliphatic rings. The van der Waals surface area contributed by atoms with E-state index in [1.807, 2.05) is 18.5 Å². The van der Waals surface area contributed by atoms with Gasteiger partial charge in [-0.2, -0.15) is 0 Å². The summed E-state index contributed by atoms with van der Waals surface area (Å²) in [7, 11) is 2.28. The number of allylic oxidation sites excluding steroid dienone is 1. The largest absolute Gasteiger partial charge is 0.320 e. The lowest BCUT2D eigenvalue weighted by Gasteiger charge is -2.32. The Bertz CT molecular complexity index is 1090. The molecule has 2 atom stereocenters. The van der Waals surface area contributed by atoms with E-state index in [9.17, 15) is 0 Å². The molecule has 26 heavy (non-hydrogen) atoms. The molecule has 0 spiro atoms. The Morgan fingerprint density at radius 2 is 2.15 bits per heavy atom. The van der Waals surface area contributed by atoms with Crippen LogP contribution in [0.25, 0.3) is 22.7 Å². The Hall–Kier alpha value is -2.10. The highest BCUT2D eigenvalue weighted by molar-refractivity contribution is 6.31. The second kappa shape index (κ2) is 5.21. The van der Waals surface area contributed by atoms with E-state index in [-0.39, 0.29) is 0 Å². The highest BCUT2D eigenvalue weighted by atomic mass is 35.5. The first-order valence-electron chi connectivity index (χ1n) is 9.39. The van der Waals surface area contributed by atoms with Crippen LogP contribution in [0, 0.1) is 0 Å². The zero-order valence-corrected chi connectivity index (χ0v) is 15.5. The minimum absolute atomic E-state index is 0.530. The fourth-order valence-corrected chi connectivity index (χ4v) is 5.44. The molecule has 4 heteroatoms. The van der Waals surface area contributed by atoms with Gasteiger partial charge in [-0.25, -0.2) is 0 Å². The van der Waals surface area contributed by atoms with Gasteiger partial charge in [0.2, 0.25) is 0 Å². The van der Waals surface area contributed by atoms with Crippen LogP contribution in [0.5, 0.6) is 0 Å². The van der Waals surface area contributed by atoms with Gasteiger partial charge in [0.15, 0.2) is 0 Å². The molecule has 3 nitrogen and oxygen atoms in total. The smallest absolute Gasteiger partial charge is 0.0529 e. The third-order valence-electron chi connectivity index (χ3n) is 6.63. The first-order valence-corrected chi connectivity index (χ1v) is 9.76. The van der Waals surface area contributed by atoms with Crippen LogP contribution in [0.1, 0.15) is 41.3 Å². The number of halogens is 1. The maximum atomic E-state index is 6.37. The Kier molecular flexibility index (Phi) is 3.01. The summed E-state index contributed by atoms with van der Waals surface area (Å²) in [5.41, 5.74) is 8.39. The monoisotopic (exact) mass is 361 g/mol. The molecule has 0 radical (unpaired) electrons. The zero-order valence-electron chi connectivity index (χ0n) is 14.7. The molecule has 4 heterocycles. The second-order valence-electron chi connectivity index (χ2n) is 7.87. The van der Waals surface area contributed by atoms with Crippen LogP contribution in [0.3, 0.4) is 0 Å². The Balaban J connectivity index is 1.60. The van der Waals surface area contributed by atoms with Gasteiger partial charge in [-0.3, -0.25) is 9.88 Å². The molecule has 0 amide bonds. The van der Waals surface area contributed by atoms with E-state index in [1.165, 1.54) is 51.7 Å². The molecule has 1 aromatic carbocycles. The third kappa shape index (κ3) is 1.90. The molecule has 2 bridgehead atoms. The van der Waals surface area contributed by atoms with Crippen LogP contribution in [-0.4, -0.2) is 27.5 Å². The minimum atomic E-state index is 0.530. The number of rotatable bonds is 1. The van der Waals surface area contributed by atoms with E-state index in [0.29, 0.717) is 12.1 Å². The van der Waals surface area contributed by atoms with Crippen molar-refractivity contribution in [2.24, 2.45) is 0 Å². The molecule has 2 unspecified atom stereocenters. The summed E-state index contributed by atoms with van der Waals surface area (Å²) >= 11 is 6.37. The maximum absolute atomic E-state index is 6.37. The number of likely N-dealkylation sites (N-methyl/N-ethyl adjacent to an activating group) is 1. The van der Waals surface area contributed by atoms with Crippen molar-refractivity contribution in [3.8, 4) is 0 Å². The molecule has 3 aromatic rings.